The zero-order chi connectivity index (χ0) is 20.3. The van der Waals surface area contributed by atoms with E-state index < -0.39 is 5.25 Å². The average molecular weight is 433 g/mol. The zero-order valence-electron chi connectivity index (χ0n) is 15.2. The number of hydrogen-bond donors (Lipinski definition) is 0. The molecule has 1 aliphatic rings. The number of rotatable bonds is 6. The molecule has 144 valence electrons. The Bertz CT molecular complexity index is 957. The summed E-state index contributed by atoms with van der Waals surface area (Å²) in [6.07, 6.45) is 1.74. The third-order valence-electron chi connectivity index (χ3n) is 4.23. The van der Waals surface area contributed by atoms with Crippen molar-refractivity contribution in [1.29, 1.82) is 0 Å². The van der Waals surface area contributed by atoms with Gasteiger partial charge in [0.25, 0.3) is 0 Å². The highest BCUT2D eigenvalue weighted by molar-refractivity contribution is 8.15. The highest BCUT2D eigenvalue weighted by Crippen LogP contribution is 2.33. The first kappa shape index (κ1) is 20.6. The second kappa shape index (κ2) is 8.95. The van der Waals surface area contributed by atoms with Crippen molar-refractivity contribution >= 4 is 57.5 Å². The van der Waals surface area contributed by atoms with Gasteiger partial charge in [-0.2, -0.15) is 0 Å². The van der Waals surface area contributed by atoms with Crippen LogP contribution in [0.5, 0.6) is 0 Å². The quantitative estimate of drug-likeness (QED) is 0.434. The number of thioether (sulfide) groups is 1. The maximum absolute atomic E-state index is 12.8. The van der Waals surface area contributed by atoms with Gasteiger partial charge in [0.15, 0.2) is 11.0 Å². The van der Waals surface area contributed by atoms with Crippen molar-refractivity contribution in [3.05, 3.63) is 76.3 Å². The topological polar surface area (TPSA) is 49.7 Å². The molecule has 1 aliphatic heterocycles. The summed E-state index contributed by atoms with van der Waals surface area (Å²) in [5.41, 5.74) is 2.07. The standard InChI is InChI=1S/C21H18Cl2N2O2S/c1-3-10-25-20(27)19(12-18(26)14-4-9-17(23)13(2)11-14)28-21(25)24-16-7-5-15(22)6-8-16/h3-9,11,19H,1,10,12H2,2H3. The first-order valence-corrected chi connectivity index (χ1v) is 10.2. The van der Waals surface area contributed by atoms with Crippen LogP contribution in [0.3, 0.4) is 0 Å². The molecule has 0 aromatic heterocycles. The van der Waals surface area contributed by atoms with Crippen LogP contribution in [-0.2, 0) is 4.79 Å². The van der Waals surface area contributed by atoms with Crippen molar-refractivity contribution in [3.8, 4) is 0 Å². The van der Waals surface area contributed by atoms with E-state index in [2.05, 4.69) is 11.6 Å². The molecule has 28 heavy (non-hydrogen) atoms. The predicted molar refractivity (Wildman–Crippen MR) is 117 cm³/mol. The number of amidine groups is 1. The molecule has 0 spiro atoms. The molecule has 0 N–H and O–H groups in total. The van der Waals surface area contributed by atoms with Crippen molar-refractivity contribution in [3.63, 3.8) is 0 Å². The van der Waals surface area contributed by atoms with E-state index in [9.17, 15) is 9.59 Å². The van der Waals surface area contributed by atoms with Crippen LogP contribution in [0.4, 0.5) is 5.69 Å². The average Bonchev–Trinajstić information content (AvgIpc) is 2.95. The first-order chi connectivity index (χ1) is 13.4. The minimum Gasteiger partial charge on any atom is -0.294 e. The van der Waals surface area contributed by atoms with Crippen molar-refractivity contribution in [2.45, 2.75) is 18.6 Å². The molecule has 2 aromatic rings. The number of carbonyl (C=O) groups excluding carboxylic acids is 2. The Hall–Kier alpha value is -2.08. The monoisotopic (exact) mass is 432 g/mol. The summed E-state index contributed by atoms with van der Waals surface area (Å²) >= 11 is 13.2. The van der Waals surface area contributed by atoms with E-state index in [0.29, 0.717) is 33.0 Å². The number of ketones is 1. The highest BCUT2D eigenvalue weighted by atomic mass is 35.5. The Kier molecular flexibility index (Phi) is 6.60. The van der Waals surface area contributed by atoms with Crippen LogP contribution in [0.15, 0.2) is 60.1 Å². The molecule has 3 rings (SSSR count). The van der Waals surface area contributed by atoms with Gasteiger partial charge in [0.1, 0.15) is 0 Å². The second-order valence-electron chi connectivity index (χ2n) is 6.31. The van der Waals surface area contributed by atoms with E-state index in [-0.39, 0.29) is 18.1 Å². The predicted octanol–water partition coefficient (Wildman–Crippen LogP) is 5.69. The molecule has 1 atom stereocenters. The molecule has 0 aliphatic carbocycles. The second-order valence-corrected chi connectivity index (χ2v) is 8.32. The minimum atomic E-state index is -0.519. The number of halogens is 2. The molecule has 0 saturated carbocycles. The lowest BCUT2D eigenvalue weighted by atomic mass is 10.0. The molecule has 4 nitrogen and oxygen atoms in total. The van der Waals surface area contributed by atoms with E-state index in [1.54, 1.807) is 53.4 Å². The van der Waals surface area contributed by atoms with Gasteiger partial charge in [-0.25, -0.2) is 4.99 Å². The van der Waals surface area contributed by atoms with Crippen molar-refractivity contribution < 1.29 is 9.59 Å². The van der Waals surface area contributed by atoms with E-state index >= 15 is 0 Å². The number of nitrogens with zero attached hydrogens (tertiary/aromatic N) is 2. The Balaban J connectivity index is 1.81. The number of aryl methyl sites for hydroxylation is 1. The Morgan fingerprint density at radius 3 is 2.61 bits per heavy atom. The van der Waals surface area contributed by atoms with E-state index in [4.69, 9.17) is 23.2 Å². The summed E-state index contributed by atoms with van der Waals surface area (Å²) in [5, 5.41) is 1.26. The lowest BCUT2D eigenvalue weighted by Crippen LogP contribution is -2.32. The first-order valence-electron chi connectivity index (χ1n) is 8.61. The Morgan fingerprint density at radius 1 is 1.25 bits per heavy atom. The normalized spacial score (nSPS) is 18.0. The molecule has 1 unspecified atom stereocenters. The molecular weight excluding hydrogens is 415 g/mol. The van der Waals surface area contributed by atoms with Gasteiger partial charge in [-0.05, 0) is 55.0 Å². The van der Waals surface area contributed by atoms with Gasteiger partial charge in [-0.15, -0.1) is 6.58 Å². The van der Waals surface area contributed by atoms with Gasteiger partial charge in [0.05, 0.1) is 10.9 Å². The Morgan fingerprint density at radius 2 is 1.96 bits per heavy atom. The van der Waals surface area contributed by atoms with Crippen molar-refractivity contribution in [2.75, 3.05) is 6.54 Å². The van der Waals surface area contributed by atoms with Gasteiger partial charge in [-0.1, -0.05) is 41.0 Å². The maximum Gasteiger partial charge on any atom is 0.242 e. The minimum absolute atomic E-state index is 0.0951. The lowest BCUT2D eigenvalue weighted by molar-refractivity contribution is -0.125. The van der Waals surface area contributed by atoms with Crippen molar-refractivity contribution in [2.24, 2.45) is 4.99 Å². The third kappa shape index (κ3) is 4.66. The number of Topliss-reactive ketones (excluding diaryl/α,β-unsaturated/α-hetero) is 1. The molecule has 0 bridgehead atoms. The van der Waals surface area contributed by atoms with E-state index in [1.165, 1.54) is 11.8 Å². The van der Waals surface area contributed by atoms with Crippen LogP contribution in [0, 0.1) is 6.92 Å². The highest BCUT2D eigenvalue weighted by Gasteiger charge is 2.38. The molecule has 1 amide bonds. The fraction of sp³-hybridized carbons (Fsp3) is 0.190. The van der Waals surface area contributed by atoms with Crippen LogP contribution >= 0.6 is 35.0 Å². The van der Waals surface area contributed by atoms with Crippen molar-refractivity contribution in [1.82, 2.24) is 4.90 Å². The zero-order valence-corrected chi connectivity index (χ0v) is 17.5. The molecule has 1 heterocycles. The summed E-state index contributed by atoms with van der Waals surface area (Å²) in [4.78, 5) is 31.6. The number of amides is 1. The van der Waals surface area contributed by atoms with Gasteiger partial charge in [-0.3, -0.25) is 14.5 Å². The third-order valence-corrected chi connectivity index (χ3v) is 6.09. The van der Waals surface area contributed by atoms with Gasteiger partial charge >= 0.3 is 0 Å². The molecule has 2 aromatic carbocycles. The molecule has 7 heteroatoms. The maximum atomic E-state index is 12.8. The number of benzene rings is 2. The fourth-order valence-corrected chi connectivity index (χ4v) is 4.16. The summed E-state index contributed by atoms with van der Waals surface area (Å²) in [6, 6.07) is 12.2. The molecule has 0 radical (unpaired) electrons. The van der Waals surface area contributed by atoms with Crippen LogP contribution in [0.1, 0.15) is 22.3 Å². The largest absolute Gasteiger partial charge is 0.294 e. The smallest absolute Gasteiger partial charge is 0.242 e. The summed E-state index contributed by atoms with van der Waals surface area (Å²) in [5.74, 6) is -0.242. The molecule has 1 fully saturated rings. The number of hydrogen-bond acceptors (Lipinski definition) is 4. The molecule has 1 saturated heterocycles. The van der Waals surface area contributed by atoms with Gasteiger partial charge in [0, 0.05) is 28.6 Å². The SMILES string of the molecule is C=CCN1C(=O)C(CC(=O)c2ccc(Cl)c(C)c2)SC1=Nc1ccc(Cl)cc1. The number of aliphatic imine (C=N–C) groups is 1. The van der Waals surface area contributed by atoms with Crippen LogP contribution in [0.2, 0.25) is 10.0 Å². The Labute approximate surface area is 178 Å². The van der Waals surface area contributed by atoms with E-state index in [1.807, 2.05) is 6.92 Å². The number of carbonyl (C=O) groups is 2. The van der Waals surface area contributed by atoms with Crippen LogP contribution in [0.25, 0.3) is 0 Å². The fourth-order valence-electron chi connectivity index (χ4n) is 2.75. The lowest BCUT2D eigenvalue weighted by Gasteiger charge is -2.13. The van der Waals surface area contributed by atoms with E-state index in [0.717, 1.165) is 5.56 Å². The molecular formula is C21H18Cl2N2O2S. The van der Waals surface area contributed by atoms with Crippen LogP contribution < -0.4 is 0 Å². The van der Waals surface area contributed by atoms with Gasteiger partial charge < -0.3 is 0 Å². The summed E-state index contributed by atoms with van der Waals surface area (Å²) < 4.78 is 0. The summed E-state index contributed by atoms with van der Waals surface area (Å²) in [6.45, 7) is 5.89. The summed E-state index contributed by atoms with van der Waals surface area (Å²) in [7, 11) is 0. The van der Waals surface area contributed by atoms with Gasteiger partial charge in [0.2, 0.25) is 5.91 Å². The van der Waals surface area contributed by atoms with Crippen LogP contribution in [-0.4, -0.2) is 33.6 Å².